The maximum atomic E-state index is 12.1. The lowest BCUT2D eigenvalue weighted by atomic mass is 10.1. The topological polar surface area (TPSA) is 78.1 Å². The molecule has 0 aliphatic rings. The van der Waals surface area contributed by atoms with Crippen molar-refractivity contribution in [2.24, 2.45) is 0 Å². The summed E-state index contributed by atoms with van der Waals surface area (Å²) in [6.07, 6.45) is 3.46. The second-order valence-electron chi connectivity index (χ2n) is 4.71. The normalized spacial score (nSPS) is 11.9. The van der Waals surface area contributed by atoms with Crippen LogP contribution in [0.3, 0.4) is 0 Å². The van der Waals surface area contributed by atoms with Gasteiger partial charge in [-0.3, -0.25) is 5.10 Å². The molecule has 108 valence electrons. The van der Waals surface area contributed by atoms with Crippen molar-refractivity contribution in [3.05, 3.63) is 36.7 Å². The minimum atomic E-state index is -3.44. The zero-order valence-corrected chi connectivity index (χ0v) is 12.3. The van der Waals surface area contributed by atoms with Crippen LogP contribution >= 0.6 is 0 Å². The predicted octanol–water partition coefficient (Wildman–Crippen LogP) is 0.917. The van der Waals surface area contributed by atoms with Crippen molar-refractivity contribution in [1.82, 2.24) is 19.8 Å². The summed E-state index contributed by atoms with van der Waals surface area (Å²) in [6.45, 7) is 1.05. The summed E-state index contributed by atoms with van der Waals surface area (Å²) >= 11 is 0. The Bertz CT molecular complexity index is 634. The molecule has 0 fully saturated rings. The second kappa shape index (κ2) is 6.17. The number of sulfonamides is 1. The third kappa shape index (κ3) is 3.66. The molecule has 0 radical (unpaired) electrons. The summed E-state index contributed by atoms with van der Waals surface area (Å²) < 4.78 is 26.7. The number of likely N-dealkylation sites (N-methyl/N-ethyl adjacent to an activating group) is 1. The van der Waals surface area contributed by atoms with Gasteiger partial charge in [-0.1, -0.05) is 12.1 Å². The van der Waals surface area contributed by atoms with Gasteiger partial charge in [0.05, 0.1) is 11.1 Å². The number of benzene rings is 1. The van der Waals surface area contributed by atoms with Crippen LogP contribution in [0.5, 0.6) is 0 Å². The lowest BCUT2D eigenvalue weighted by molar-refractivity contribution is 0.412. The zero-order valence-electron chi connectivity index (χ0n) is 11.5. The minimum Gasteiger partial charge on any atom is -0.308 e. The van der Waals surface area contributed by atoms with Crippen LogP contribution in [0.15, 0.2) is 41.6 Å². The van der Waals surface area contributed by atoms with E-state index in [1.807, 2.05) is 19.0 Å². The first kappa shape index (κ1) is 14.7. The summed E-state index contributed by atoms with van der Waals surface area (Å²) in [5.74, 6) is 0. The molecule has 1 heterocycles. The Morgan fingerprint density at radius 1 is 1.20 bits per heavy atom. The van der Waals surface area contributed by atoms with Crippen molar-refractivity contribution >= 4 is 10.0 Å². The number of nitrogens with one attached hydrogen (secondary N) is 2. The molecular weight excluding hydrogens is 276 g/mol. The molecule has 1 aromatic heterocycles. The maximum Gasteiger partial charge on any atom is 0.240 e. The van der Waals surface area contributed by atoms with Gasteiger partial charge in [0.15, 0.2) is 0 Å². The largest absolute Gasteiger partial charge is 0.308 e. The molecule has 6 nitrogen and oxygen atoms in total. The minimum absolute atomic E-state index is 0.267. The first-order valence-electron chi connectivity index (χ1n) is 6.22. The van der Waals surface area contributed by atoms with Crippen molar-refractivity contribution in [3.8, 4) is 11.1 Å². The molecule has 0 spiro atoms. The van der Waals surface area contributed by atoms with E-state index in [1.165, 1.54) is 0 Å². The fraction of sp³-hybridized carbons (Fsp3) is 0.308. The molecule has 20 heavy (non-hydrogen) atoms. The van der Waals surface area contributed by atoms with E-state index in [0.717, 1.165) is 11.1 Å². The Morgan fingerprint density at radius 2 is 1.90 bits per heavy atom. The maximum absolute atomic E-state index is 12.1. The van der Waals surface area contributed by atoms with E-state index in [0.29, 0.717) is 13.1 Å². The van der Waals surface area contributed by atoms with Crippen molar-refractivity contribution in [3.63, 3.8) is 0 Å². The average Bonchev–Trinajstić information content (AvgIpc) is 2.92. The van der Waals surface area contributed by atoms with Gasteiger partial charge in [-0.15, -0.1) is 0 Å². The highest BCUT2D eigenvalue weighted by molar-refractivity contribution is 7.89. The highest BCUT2D eigenvalue weighted by atomic mass is 32.2. The molecule has 2 N–H and O–H groups in total. The SMILES string of the molecule is CN(C)CCNS(=O)(=O)c1ccc(-c2cn[nH]c2)cc1. The monoisotopic (exact) mass is 294 g/mol. The van der Waals surface area contributed by atoms with E-state index < -0.39 is 10.0 Å². The molecule has 2 aromatic rings. The quantitative estimate of drug-likeness (QED) is 0.830. The molecule has 0 atom stereocenters. The van der Waals surface area contributed by atoms with Crippen LogP contribution in [-0.4, -0.2) is 50.7 Å². The van der Waals surface area contributed by atoms with Gasteiger partial charge >= 0.3 is 0 Å². The average molecular weight is 294 g/mol. The third-order valence-corrected chi connectivity index (χ3v) is 4.32. The third-order valence-electron chi connectivity index (χ3n) is 2.85. The summed E-state index contributed by atoms with van der Waals surface area (Å²) in [4.78, 5) is 2.19. The highest BCUT2D eigenvalue weighted by Gasteiger charge is 2.13. The van der Waals surface area contributed by atoms with Crippen LogP contribution in [0.1, 0.15) is 0 Å². The number of hydrogen-bond acceptors (Lipinski definition) is 4. The van der Waals surface area contributed by atoms with E-state index in [4.69, 9.17) is 0 Å². The van der Waals surface area contributed by atoms with Crippen LogP contribution in [0, 0.1) is 0 Å². The van der Waals surface area contributed by atoms with Gasteiger partial charge in [-0.05, 0) is 31.8 Å². The molecule has 0 amide bonds. The molecular formula is C13H18N4O2S. The molecule has 0 saturated carbocycles. The standard InChI is InChI=1S/C13H18N4O2S/c1-17(2)8-7-16-20(18,19)13-5-3-11(4-6-13)12-9-14-15-10-12/h3-6,9-10,16H,7-8H2,1-2H3,(H,14,15). The molecule has 0 aliphatic heterocycles. The van der Waals surface area contributed by atoms with E-state index >= 15 is 0 Å². The van der Waals surface area contributed by atoms with Crippen LogP contribution in [0.4, 0.5) is 0 Å². The van der Waals surface area contributed by atoms with Gasteiger partial charge in [0.1, 0.15) is 0 Å². The van der Waals surface area contributed by atoms with E-state index in [-0.39, 0.29) is 4.90 Å². The molecule has 0 aliphatic carbocycles. The van der Waals surface area contributed by atoms with Crippen molar-refractivity contribution < 1.29 is 8.42 Å². The van der Waals surface area contributed by atoms with E-state index in [9.17, 15) is 8.42 Å². The Morgan fingerprint density at radius 3 is 2.45 bits per heavy atom. The predicted molar refractivity (Wildman–Crippen MR) is 77.8 cm³/mol. The van der Waals surface area contributed by atoms with Gasteiger partial charge in [-0.25, -0.2) is 13.1 Å². The molecule has 0 bridgehead atoms. The first-order chi connectivity index (χ1) is 9.49. The fourth-order valence-electron chi connectivity index (χ4n) is 1.72. The zero-order chi connectivity index (χ0) is 14.6. The molecule has 0 saturated heterocycles. The van der Waals surface area contributed by atoms with Crippen molar-refractivity contribution in [2.75, 3.05) is 27.2 Å². The molecule has 2 rings (SSSR count). The Balaban J connectivity index is 2.09. The summed E-state index contributed by atoms with van der Waals surface area (Å²) in [7, 11) is 0.352. The lowest BCUT2D eigenvalue weighted by Crippen LogP contribution is -2.31. The lowest BCUT2D eigenvalue weighted by Gasteiger charge is -2.11. The highest BCUT2D eigenvalue weighted by Crippen LogP contribution is 2.19. The fourth-order valence-corrected chi connectivity index (χ4v) is 2.74. The van der Waals surface area contributed by atoms with Gasteiger partial charge < -0.3 is 4.90 Å². The van der Waals surface area contributed by atoms with E-state index in [1.54, 1.807) is 36.7 Å². The van der Waals surface area contributed by atoms with Crippen LogP contribution in [0.2, 0.25) is 0 Å². The summed E-state index contributed by atoms with van der Waals surface area (Å²) in [5, 5.41) is 6.59. The first-order valence-corrected chi connectivity index (χ1v) is 7.71. The van der Waals surface area contributed by atoms with Gasteiger partial charge in [0.25, 0.3) is 0 Å². The number of aromatic amines is 1. The van der Waals surface area contributed by atoms with Gasteiger partial charge in [0, 0.05) is 24.8 Å². The van der Waals surface area contributed by atoms with Crippen LogP contribution < -0.4 is 4.72 Å². The second-order valence-corrected chi connectivity index (χ2v) is 6.48. The van der Waals surface area contributed by atoms with E-state index in [2.05, 4.69) is 14.9 Å². The van der Waals surface area contributed by atoms with Gasteiger partial charge in [-0.2, -0.15) is 5.10 Å². The molecule has 7 heteroatoms. The molecule has 0 unspecified atom stereocenters. The van der Waals surface area contributed by atoms with Crippen molar-refractivity contribution in [1.29, 1.82) is 0 Å². The smallest absolute Gasteiger partial charge is 0.240 e. The number of nitrogens with zero attached hydrogens (tertiary/aromatic N) is 2. The Labute approximate surface area is 118 Å². The Hall–Kier alpha value is -1.70. The van der Waals surface area contributed by atoms with Gasteiger partial charge in [0.2, 0.25) is 10.0 Å². The number of hydrogen-bond donors (Lipinski definition) is 2. The summed E-state index contributed by atoms with van der Waals surface area (Å²) in [5.41, 5.74) is 1.85. The number of rotatable bonds is 6. The summed E-state index contributed by atoms with van der Waals surface area (Å²) in [6, 6.07) is 6.73. The van der Waals surface area contributed by atoms with Crippen LogP contribution in [0.25, 0.3) is 11.1 Å². The van der Waals surface area contributed by atoms with Crippen LogP contribution in [-0.2, 0) is 10.0 Å². The van der Waals surface area contributed by atoms with Crippen molar-refractivity contribution in [2.45, 2.75) is 4.90 Å². The number of H-pyrrole nitrogens is 1. The molecule has 1 aromatic carbocycles. The Kier molecular flexibility index (Phi) is 4.53. The number of aromatic nitrogens is 2.